The van der Waals surface area contributed by atoms with Crippen LogP contribution >= 0.6 is 11.8 Å². The number of carboxylic acids is 1. The van der Waals surface area contributed by atoms with E-state index in [0.29, 0.717) is 11.6 Å². The van der Waals surface area contributed by atoms with Crippen LogP contribution in [-0.2, 0) is 14.3 Å². The molecule has 2 aromatic carbocycles. The number of rotatable bonds is 7. The molecule has 1 saturated heterocycles. The number of nitrogens with one attached hydrogen (secondary N) is 1. The first-order valence-corrected chi connectivity index (χ1v) is 12.7. The van der Waals surface area contributed by atoms with Crippen LogP contribution in [0.15, 0.2) is 48.5 Å². The molecule has 0 aromatic heterocycles. The van der Waals surface area contributed by atoms with E-state index in [2.05, 4.69) is 29.6 Å². The fourth-order valence-corrected chi connectivity index (χ4v) is 6.20. The molecule has 1 heterocycles. The third-order valence-corrected chi connectivity index (χ3v) is 7.69. The van der Waals surface area contributed by atoms with Crippen LogP contribution in [-0.4, -0.2) is 58.3 Å². The summed E-state index contributed by atoms with van der Waals surface area (Å²) < 4.78 is 5.63. The lowest BCUT2D eigenvalue weighted by molar-refractivity contribution is -0.150. The van der Waals surface area contributed by atoms with Crippen LogP contribution < -0.4 is 5.32 Å². The smallest absolute Gasteiger partial charge is 0.407 e. The van der Waals surface area contributed by atoms with Crippen molar-refractivity contribution in [2.24, 2.45) is 11.8 Å². The van der Waals surface area contributed by atoms with E-state index in [0.717, 1.165) is 22.3 Å². The molecule has 0 radical (unpaired) electrons. The Hall–Kier alpha value is -3.00. The second-order valence-electron chi connectivity index (χ2n) is 9.19. The Kier molecular flexibility index (Phi) is 7.16. The molecule has 8 heteroatoms. The number of hydrogen-bond donors (Lipinski definition) is 2. The number of thioether (sulfide) groups is 1. The summed E-state index contributed by atoms with van der Waals surface area (Å²) in [5.74, 6) is -1.22. The zero-order valence-electron chi connectivity index (χ0n) is 19.6. The predicted molar refractivity (Wildman–Crippen MR) is 132 cm³/mol. The molecule has 2 aromatic rings. The van der Waals surface area contributed by atoms with Gasteiger partial charge in [-0.25, -0.2) is 9.59 Å². The van der Waals surface area contributed by atoms with Gasteiger partial charge in [-0.1, -0.05) is 62.4 Å². The summed E-state index contributed by atoms with van der Waals surface area (Å²) in [6.45, 7) is 5.76. The average Bonchev–Trinajstić information content (AvgIpc) is 3.41. The van der Waals surface area contributed by atoms with E-state index in [1.807, 2.05) is 38.1 Å². The summed E-state index contributed by atoms with van der Waals surface area (Å²) in [7, 11) is 0. The van der Waals surface area contributed by atoms with E-state index in [-0.39, 0.29) is 24.3 Å². The molecule has 0 spiro atoms. The van der Waals surface area contributed by atoms with Crippen LogP contribution in [0.5, 0.6) is 0 Å². The summed E-state index contributed by atoms with van der Waals surface area (Å²) >= 11 is 1.42. The van der Waals surface area contributed by atoms with Gasteiger partial charge in [0.25, 0.3) is 0 Å². The normalized spacial score (nSPS) is 18.8. The minimum atomic E-state index is -1.00. The molecule has 34 heavy (non-hydrogen) atoms. The van der Waals surface area contributed by atoms with E-state index in [9.17, 15) is 19.5 Å². The lowest BCUT2D eigenvalue weighted by atomic mass is 9.87. The molecule has 2 aliphatic rings. The Morgan fingerprint density at radius 3 is 2.21 bits per heavy atom. The standard InChI is InChI=1S/C26H30N2O5S/c1-15(2)23(24(29)28-14-34-13-22(28)25(30)31)16(3)27-26(32)33-12-21-19-10-6-4-8-17(19)18-9-5-7-11-20(18)21/h4-11,15-16,21-23H,12-14H2,1-3H3,(H,27,32)(H,30,31)/t16?,22-,23?/m0/s1. The molecular weight excluding hydrogens is 452 g/mol. The van der Waals surface area contributed by atoms with Gasteiger partial charge in [-0.3, -0.25) is 4.79 Å². The average molecular weight is 483 g/mol. The van der Waals surface area contributed by atoms with Crippen molar-refractivity contribution in [3.8, 4) is 11.1 Å². The lowest BCUT2D eigenvalue weighted by Gasteiger charge is -2.32. The van der Waals surface area contributed by atoms with Crippen LogP contribution in [0.3, 0.4) is 0 Å². The molecule has 1 aliphatic heterocycles. The highest BCUT2D eigenvalue weighted by Crippen LogP contribution is 2.44. The van der Waals surface area contributed by atoms with E-state index >= 15 is 0 Å². The first kappa shape index (κ1) is 24.1. The van der Waals surface area contributed by atoms with Gasteiger partial charge in [0.05, 0.1) is 11.8 Å². The minimum Gasteiger partial charge on any atom is -0.480 e. The first-order chi connectivity index (χ1) is 16.3. The second kappa shape index (κ2) is 10.1. The SMILES string of the molecule is CC(C)C(C(=O)N1CSC[C@H]1C(=O)O)C(C)NC(=O)OCC1c2ccccc2-c2ccccc21. The summed E-state index contributed by atoms with van der Waals surface area (Å²) in [5.41, 5.74) is 4.57. The van der Waals surface area contributed by atoms with E-state index < -0.39 is 30.1 Å². The topological polar surface area (TPSA) is 95.9 Å². The van der Waals surface area contributed by atoms with Gasteiger partial charge in [0.15, 0.2) is 0 Å². The molecule has 1 fully saturated rings. The maximum atomic E-state index is 13.2. The fourth-order valence-electron chi connectivity index (χ4n) is 5.05. The highest BCUT2D eigenvalue weighted by atomic mass is 32.2. The molecule has 180 valence electrons. The Bertz CT molecular complexity index is 1040. The molecule has 4 rings (SSSR count). The largest absolute Gasteiger partial charge is 0.480 e. The van der Waals surface area contributed by atoms with Crippen molar-refractivity contribution in [3.63, 3.8) is 0 Å². The number of hydrogen-bond acceptors (Lipinski definition) is 5. The van der Waals surface area contributed by atoms with Crippen LogP contribution in [0, 0.1) is 11.8 Å². The van der Waals surface area contributed by atoms with Crippen molar-refractivity contribution in [2.45, 2.75) is 38.8 Å². The molecule has 2 amide bonds. The number of carbonyl (C=O) groups is 3. The van der Waals surface area contributed by atoms with E-state index in [1.54, 1.807) is 6.92 Å². The van der Waals surface area contributed by atoms with Crippen molar-refractivity contribution >= 4 is 29.7 Å². The zero-order valence-corrected chi connectivity index (χ0v) is 20.4. The Morgan fingerprint density at radius 1 is 1.06 bits per heavy atom. The predicted octanol–water partition coefficient (Wildman–Crippen LogP) is 4.17. The van der Waals surface area contributed by atoms with E-state index in [4.69, 9.17) is 4.74 Å². The summed E-state index contributed by atoms with van der Waals surface area (Å²) in [4.78, 5) is 38.9. The molecule has 3 atom stereocenters. The lowest BCUT2D eigenvalue weighted by Crippen LogP contribution is -2.52. The van der Waals surface area contributed by atoms with Crippen molar-refractivity contribution in [1.29, 1.82) is 0 Å². The number of benzene rings is 2. The number of ether oxygens (including phenoxy) is 1. The van der Waals surface area contributed by atoms with Gasteiger partial charge in [-0.15, -0.1) is 11.8 Å². The maximum absolute atomic E-state index is 13.2. The van der Waals surface area contributed by atoms with Crippen LogP contribution in [0.25, 0.3) is 11.1 Å². The zero-order chi connectivity index (χ0) is 24.4. The highest BCUT2D eigenvalue weighted by molar-refractivity contribution is 7.99. The van der Waals surface area contributed by atoms with Crippen LogP contribution in [0.2, 0.25) is 0 Å². The van der Waals surface area contributed by atoms with Gasteiger partial charge >= 0.3 is 12.1 Å². The molecule has 1 aliphatic carbocycles. The number of fused-ring (bicyclic) bond motifs is 3. The third-order valence-electron chi connectivity index (χ3n) is 6.68. The number of amides is 2. The monoisotopic (exact) mass is 482 g/mol. The molecule has 0 saturated carbocycles. The van der Waals surface area contributed by atoms with Crippen molar-refractivity contribution in [1.82, 2.24) is 10.2 Å². The third kappa shape index (κ3) is 4.64. The number of nitrogens with zero attached hydrogens (tertiary/aromatic N) is 1. The molecular formula is C26H30N2O5S. The van der Waals surface area contributed by atoms with Gasteiger partial charge in [0.1, 0.15) is 12.6 Å². The van der Waals surface area contributed by atoms with Crippen LogP contribution in [0.4, 0.5) is 4.79 Å². The molecule has 0 bridgehead atoms. The summed E-state index contributed by atoms with van der Waals surface area (Å²) in [5, 5.41) is 12.3. The maximum Gasteiger partial charge on any atom is 0.407 e. The van der Waals surface area contributed by atoms with Gasteiger partial charge < -0.3 is 20.1 Å². The Labute approximate surface area is 203 Å². The number of carbonyl (C=O) groups excluding carboxylic acids is 2. The molecule has 2 N–H and O–H groups in total. The van der Waals surface area contributed by atoms with Crippen molar-refractivity contribution in [3.05, 3.63) is 59.7 Å². The fraction of sp³-hybridized carbons (Fsp3) is 0.423. The second-order valence-corrected chi connectivity index (χ2v) is 10.2. The number of carboxylic acid groups (broad SMARTS) is 1. The van der Waals surface area contributed by atoms with Crippen molar-refractivity contribution in [2.75, 3.05) is 18.2 Å². The van der Waals surface area contributed by atoms with Gasteiger partial charge in [0.2, 0.25) is 5.91 Å². The number of alkyl carbamates (subject to hydrolysis) is 1. The van der Waals surface area contributed by atoms with Gasteiger partial charge in [-0.2, -0.15) is 0 Å². The summed E-state index contributed by atoms with van der Waals surface area (Å²) in [6.07, 6.45) is -0.585. The Balaban J connectivity index is 1.41. The highest BCUT2D eigenvalue weighted by Gasteiger charge is 2.41. The van der Waals surface area contributed by atoms with Crippen molar-refractivity contribution < 1.29 is 24.2 Å². The van der Waals surface area contributed by atoms with E-state index in [1.165, 1.54) is 16.7 Å². The van der Waals surface area contributed by atoms with Gasteiger partial charge in [0, 0.05) is 17.7 Å². The summed E-state index contributed by atoms with van der Waals surface area (Å²) in [6, 6.07) is 14.9. The molecule has 7 nitrogen and oxygen atoms in total. The molecule has 2 unspecified atom stereocenters. The van der Waals surface area contributed by atoms with Crippen LogP contribution in [0.1, 0.15) is 37.8 Å². The Morgan fingerprint density at radius 2 is 1.65 bits per heavy atom. The minimum absolute atomic E-state index is 0.0473. The quantitative estimate of drug-likeness (QED) is 0.615. The number of aliphatic carboxylic acids is 1. The van der Waals surface area contributed by atoms with Gasteiger partial charge in [-0.05, 0) is 35.1 Å². The first-order valence-electron chi connectivity index (χ1n) is 11.5.